The van der Waals surface area contributed by atoms with Gasteiger partial charge in [-0.3, -0.25) is 0 Å². The molecule has 0 unspecified atom stereocenters. The lowest BCUT2D eigenvalue weighted by atomic mass is 10.2. The molecule has 0 atom stereocenters. The van der Waals surface area contributed by atoms with Crippen LogP contribution in [0.2, 0.25) is 0 Å². The molecular weight excluding hydrogens is 218 g/mol. The van der Waals surface area contributed by atoms with E-state index in [0.717, 1.165) is 16.7 Å². The van der Waals surface area contributed by atoms with Crippen molar-refractivity contribution in [2.75, 3.05) is 0 Å². The number of aromatic nitrogens is 3. The second-order valence-corrected chi connectivity index (χ2v) is 4.21. The Bertz CT molecular complexity index is 491. The van der Waals surface area contributed by atoms with Crippen molar-refractivity contribution in [3.63, 3.8) is 0 Å². The van der Waals surface area contributed by atoms with Gasteiger partial charge in [-0.2, -0.15) is 5.10 Å². The smallest absolute Gasteiger partial charge is 0.191 e. The van der Waals surface area contributed by atoms with Gasteiger partial charge in [0.05, 0.1) is 5.69 Å². The fraction of sp³-hybridized carbons (Fsp3) is 0.333. The molecular formula is C12H15N3S. The summed E-state index contributed by atoms with van der Waals surface area (Å²) in [6, 6.07) is 8.33. The van der Waals surface area contributed by atoms with E-state index in [1.165, 1.54) is 11.3 Å². The quantitative estimate of drug-likeness (QED) is 0.700. The van der Waals surface area contributed by atoms with E-state index < -0.39 is 0 Å². The molecule has 0 fully saturated rings. The normalized spacial score (nSPS) is 12.2. The van der Waals surface area contributed by atoms with Crippen LogP contribution in [-0.4, -0.2) is 14.8 Å². The molecule has 4 heteroatoms. The zero-order valence-corrected chi connectivity index (χ0v) is 10.6. The predicted molar refractivity (Wildman–Crippen MR) is 67.0 cm³/mol. The summed E-state index contributed by atoms with van der Waals surface area (Å²) in [5.41, 5.74) is 2.50. The van der Waals surface area contributed by atoms with Crippen LogP contribution >= 0.6 is 11.8 Å². The van der Waals surface area contributed by atoms with Crippen molar-refractivity contribution in [3.05, 3.63) is 35.7 Å². The molecule has 2 aromatic rings. The van der Waals surface area contributed by atoms with E-state index in [1.807, 2.05) is 31.5 Å². The van der Waals surface area contributed by atoms with Crippen molar-refractivity contribution < 1.29 is 0 Å². The third-order valence-electron chi connectivity index (χ3n) is 2.26. The van der Waals surface area contributed by atoms with Crippen molar-refractivity contribution in [2.24, 2.45) is 0 Å². The Morgan fingerprint density at radius 2 is 2.00 bits per heavy atom. The van der Waals surface area contributed by atoms with Gasteiger partial charge in [-0.05, 0) is 18.6 Å². The second-order valence-electron chi connectivity index (χ2n) is 3.27. The van der Waals surface area contributed by atoms with E-state index in [-0.39, 0.29) is 0 Å². The predicted octanol–water partition coefficient (Wildman–Crippen LogP) is 3.21. The van der Waals surface area contributed by atoms with Crippen LogP contribution in [0.1, 0.15) is 25.2 Å². The molecule has 0 spiro atoms. The first-order valence-corrected chi connectivity index (χ1v) is 6.48. The molecule has 1 aliphatic heterocycles. The highest BCUT2D eigenvalue weighted by Crippen LogP contribution is 2.31. The molecule has 0 radical (unpaired) electrons. The average molecular weight is 233 g/mol. The molecule has 1 aromatic heterocycles. The van der Waals surface area contributed by atoms with E-state index >= 15 is 0 Å². The minimum atomic E-state index is 0.837. The molecule has 2 heterocycles. The summed E-state index contributed by atoms with van der Waals surface area (Å²) in [6.07, 6.45) is 0. The Hall–Kier alpha value is -1.29. The lowest BCUT2D eigenvalue weighted by Crippen LogP contribution is -2.06. The van der Waals surface area contributed by atoms with Gasteiger partial charge < -0.3 is 0 Å². The molecule has 3 nitrogen and oxygen atoms in total. The Kier molecular flexibility index (Phi) is 3.29. The van der Waals surface area contributed by atoms with Crippen LogP contribution in [0.5, 0.6) is 0 Å². The maximum atomic E-state index is 4.38. The number of hydrogen-bond acceptors (Lipinski definition) is 3. The van der Waals surface area contributed by atoms with Crippen molar-refractivity contribution in [2.45, 2.75) is 31.7 Å². The number of para-hydroxylation sites is 1. The molecule has 0 amide bonds. The number of aryl methyl sites for hydroxylation is 1. The molecule has 16 heavy (non-hydrogen) atoms. The number of nitrogens with zero attached hydrogens (tertiary/aromatic N) is 3. The van der Waals surface area contributed by atoms with E-state index in [9.17, 15) is 0 Å². The highest BCUT2D eigenvalue weighted by Gasteiger charge is 2.18. The Morgan fingerprint density at radius 3 is 2.81 bits per heavy atom. The first kappa shape index (κ1) is 11.2. The fourth-order valence-electron chi connectivity index (χ4n) is 1.63. The van der Waals surface area contributed by atoms with Crippen LogP contribution < -0.4 is 0 Å². The van der Waals surface area contributed by atoms with E-state index in [0.29, 0.717) is 0 Å². The van der Waals surface area contributed by atoms with Crippen LogP contribution in [0.4, 0.5) is 0 Å². The van der Waals surface area contributed by atoms with Crippen molar-refractivity contribution >= 4 is 11.8 Å². The molecule has 1 aromatic carbocycles. The van der Waals surface area contributed by atoms with Gasteiger partial charge in [0.1, 0.15) is 5.82 Å². The van der Waals surface area contributed by atoms with Crippen LogP contribution in [-0.2, 0) is 5.75 Å². The number of fused-ring (bicyclic) bond motifs is 3. The molecule has 0 N–H and O–H groups in total. The molecule has 0 saturated heterocycles. The molecule has 0 bridgehead atoms. The number of hydrogen-bond donors (Lipinski definition) is 0. The molecule has 3 rings (SSSR count). The van der Waals surface area contributed by atoms with Gasteiger partial charge >= 0.3 is 0 Å². The van der Waals surface area contributed by atoms with Crippen molar-refractivity contribution in [1.29, 1.82) is 0 Å². The number of benzene rings is 1. The number of rotatable bonds is 0. The van der Waals surface area contributed by atoms with Gasteiger partial charge in [0, 0.05) is 5.75 Å². The van der Waals surface area contributed by atoms with Crippen LogP contribution in [0, 0.1) is 6.92 Å². The summed E-state index contributed by atoms with van der Waals surface area (Å²) in [5.74, 6) is 1.83. The van der Waals surface area contributed by atoms with Crippen LogP contribution in [0.15, 0.2) is 29.4 Å². The monoisotopic (exact) mass is 233 g/mol. The van der Waals surface area contributed by atoms with Crippen LogP contribution in [0.25, 0.3) is 5.69 Å². The third-order valence-corrected chi connectivity index (χ3v) is 3.24. The zero-order valence-electron chi connectivity index (χ0n) is 9.77. The van der Waals surface area contributed by atoms with E-state index in [1.54, 1.807) is 11.8 Å². The third kappa shape index (κ3) is 1.85. The summed E-state index contributed by atoms with van der Waals surface area (Å²) in [5, 5.41) is 5.38. The van der Waals surface area contributed by atoms with Gasteiger partial charge in [0.25, 0.3) is 0 Å². The lowest BCUT2D eigenvalue weighted by Gasteiger charge is -2.15. The minimum Gasteiger partial charge on any atom is -0.207 e. The van der Waals surface area contributed by atoms with Gasteiger partial charge in [0.2, 0.25) is 0 Å². The standard InChI is InChI=1S/C10H9N3S.C2H6/c1-7-11-10-13(12-7)9-5-3-2-4-8(9)6-14-10;1-2/h2-5H,6H2,1H3;1-2H3. The van der Waals surface area contributed by atoms with Crippen molar-refractivity contribution in [1.82, 2.24) is 14.8 Å². The lowest BCUT2D eigenvalue weighted by molar-refractivity contribution is 0.766. The summed E-state index contributed by atoms with van der Waals surface area (Å²) < 4.78 is 1.93. The Labute approximate surface area is 99.9 Å². The SMILES string of the molecule is CC.Cc1nc2n(n1)-c1ccccc1CS2. The highest BCUT2D eigenvalue weighted by atomic mass is 32.2. The minimum absolute atomic E-state index is 0.837. The Balaban J connectivity index is 0.000000457. The van der Waals surface area contributed by atoms with Gasteiger partial charge in [-0.1, -0.05) is 43.8 Å². The molecule has 1 aliphatic rings. The van der Waals surface area contributed by atoms with E-state index in [2.05, 4.69) is 28.3 Å². The maximum Gasteiger partial charge on any atom is 0.191 e. The van der Waals surface area contributed by atoms with Crippen molar-refractivity contribution in [3.8, 4) is 5.69 Å². The van der Waals surface area contributed by atoms with Gasteiger partial charge in [-0.25, -0.2) is 9.67 Å². The van der Waals surface area contributed by atoms with Crippen LogP contribution in [0.3, 0.4) is 0 Å². The van der Waals surface area contributed by atoms with Gasteiger partial charge in [-0.15, -0.1) is 0 Å². The highest BCUT2D eigenvalue weighted by molar-refractivity contribution is 7.98. The summed E-state index contributed by atoms with van der Waals surface area (Å²) in [6.45, 7) is 5.93. The number of thioether (sulfide) groups is 1. The summed E-state index contributed by atoms with van der Waals surface area (Å²) in [4.78, 5) is 4.36. The maximum absolute atomic E-state index is 4.38. The molecule has 84 valence electrons. The Morgan fingerprint density at radius 1 is 1.25 bits per heavy atom. The first-order valence-electron chi connectivity index (χ1n) is 5.49. The molecule has 0 aliphatic carbocycles. The summed E-state index contributed by atoms with van der Waals surface area (Å²) >= 11 is 1.74. The molecule has 0 saturated carbocycles. The topological polar surface area (TPSA) is 30.7 Å². The van der Waals surface area contributed by atoms with Gasteiger partial charge in [0.15, 0.2) is 5.16 Å². The second kappa shape index (κ2) is 4.70. The largest absolute Gasteiger partial charge is 0.207 e. The average Bonchev–Trinajstić information content (AvgIpc) is 2.72. The van der Waals surface area contributed by atoms with E-state index in [4.69, 9.17) is 0 Å². The fourth-order valence-corrected chi connectivity index (χ4v) is 2.61. The zero-order chi connectivity index (χ0) is 11.5. The summed E-state index contributed by atoms with van der Waals surface area (Å²) in [7, 11) is 0. The first-order chi connectivity index (χ1) is 7.84.